The highest BCUT2D eigenvalue weighted by Gasteiger charge is 2.20. The quantitative estimate of drug-likeness (QED) is 0.707. The lowest BCUT2D eigenvalue weighted by Gasteiger charge is -2.15. The Labute approximate surface area is 144 Å². The summed E-state index contributed by atoms with van der Waals surface area (Å²) in [6.45, 7) is 0. The normalized spacial score (nSPS) is 10.6. The SMILES string of the molecule is COc1ccc2c(=O)c(-c3ccc(OC)c(OC)c3OC)coc2c1. The number of ether oxygens (including phenoxy) is 4. The van der Waals surface area contributed by atoms with Crippen LogP contribution in [0.2, 0.25) is 0 Å². The first-order valence-electron chi connectivity index (χ1n) is 7.53. The van der Waals surface area contributed by atoms with Crippen LogP contribution in [0.25, 0.3) is 22.1 Å². The van der Waals surface area contributed by atoms with Crippen LogP contribution in [-0.4, -0.2) is 28.4 Å². The number of hydrogen-bond acceptors (Lipinski definition) is 6. The van der Waals surface area contributed by atoms with Crippen LogP contribution in [0.15, 0.2) is 45.8 Å². The molecule has 0 spiro atoms. The third-order valence-corrected chi connectivity index (χ3v) is 3.98. The predicted molar refractivity (Wildman–Crippen MR) is 94.1 cm³/mol. The van der Waals surface area contributed by atoms with Gasteiger partial charge >= 0.3 is 0 Å². The van der Waals surface area contributed by atoms with Gasteiger partial charge in [-0.05, 0) is 24.3 Å². The fourth-order valence-electron chi connectivity index (χ4n) is 2.73. The lowest BCUT2D eigenvalue weighted by Crippen LogP contribution is -2.06. The van der Waals surface area contributed by atoms with Gasteiger partial charge in [0.2, 0.25) is 11.2 Å². The van der Waals surface area contributed by atoms with E-state index in [4.69, 9.17) is 23.4 Å². The standard InChI is InChI=1S/C19H18O6/c1-21-11-5-6-13-16(9-11)25-10-14(17(13)20)12-7-8-15(22-2)19(24-4)18(12)23-3/h5-10H,1-4H3. The van der Waals surface area contributed by atoms with E-state index in [1.54, 1.807) is 37.4 Å². The molecule has 6 nitrogen and oxygen atoms in total. The first kappa shape index (κ1) is 16.7. The van der Waals surface area contributed by atoms with E-state index >= 15 is 0 Å². The van der Waals surface area contributed by atoms with Crippen molar-refractivity contribution in [3.63, 3.8) is 0 Å². The largest absolute Gasteiger partial charge is 0.497 e. The summed E-state index contributed by atoms with van der Waals surface area (Å²) in [4.78, 5) is 12.9. The van der Waals surface area contributed by atoms with Crippen molar-refractivity contribution in [1.82, 2.24) is 0 Å². The van der Waals surface area contributed by atoms with Crippen molar-refractivity contribution < 1.29 is 23.4 Å². The summed E-state index contributed by atoms with van der Waals surface area (Å²) in [7, 11) is 6.12. The highest BCUT2D eigenvalue weighted by atomic mass is 16.5. The topological polar surface area (TPSA) is 67.1 Å². The molecule has 0 saturated carbocycles. The van der Waals surface area contributed by atoms with Crippen molar-refractivity contribution in [1.29, 1.82) is 0 Å². The summed E-state index contributed by atoms with van der Waals surface area (Å²) in [5, 5.41) is 0.454. The Bertz CT molecular complexity index is 974. The van der Waals surface area contributed by atoms with Crippen LogP contribution in [0.3, 0.4) is 0 Å². The smallest absolute Gasteiger partial charge is 0.203 e. The van der Waals surface area contributed by atoms with E-state index in [1.165, 1.54) is 27.6 Å². The molecule has 0 atom stereocenters. The van der Waals surface area contributed by atoms with Gasteiger partial charge in [-0.2, -0.15) is 0 Å². The Morgan fingerprint density at radius 3 is 2.20 bits per heavy atom. The highest BCUT2D eigenvalue weighted by Crippen LogP contribution is 2.43. The van der Waals surface area contributed by atoms with Gasteiger partial charge in [-0.15, -0.1) is 0 Å². The second-order valence-corrected chi connectivity index (χ2v) is 5.22. The molecule has 0 bridgehead atoms. The van der Waals surface area contributed by atoms with Gasteiger partial charge in [0.25, 0.3) is 0 Å². The summed E-state index contributed by atoms with van der Waals surface area (Å²) in [6, 6.07) is 8.52. The van der Waals surface area contributed by atoms with Gasteiger partial charge in [0, 0.05) is 11.6 Å². The third-order valence-electron chi connectivity index (χ3n) is 3.98. The van der Waals surface area contributed by atoms with E-state index in [0.29, 0.717) is 45.1 Å². The van der Waals surface area contributed by atoms with Crippen LogP contribution in [-0.2, 0) is 0 Å². The van der Waals surface area contributed by atoms with Crippen LogP contribution in [0.4, 0.5) is 0 Å². The minimum Gasteiger partial charge on any atom is -0.497 e. The Hall–Kier alpha value is -3.15. The summed E-state index contributed by atoms with van der Waals surface area (Å²) < 4.78 is 26.9. The molecule has 0 amide bonds. The molecule has 25 heavy (non-hydrogen) atoms. The predicted octanol–water partition coefficient (Wildman–Crippen LogP) is 3.49. The molecule has 0 fully saturated rings. The number of methoxy groups -OCH3 is 4. The maximum Gasteiger partial charge on any atom is 0.203 e. The van der Waals surface area contributed by atoms with Crippen molar-refractivity contribution in [3.05, 3.63) is 46.8 Å². The van der Waals surface area contributed by atoms with Crippen LogP contribution >= 0.6 is 0 Å². The van der Waals surface area contributed by atoms with E-state index < -0.39 is 0 Å². The van der Waals surface area contributed by atoms with E-state index in [9.17, 15) is 4.79 Å². The monoisotopic (exact) mass is 342 g/mol. The number of fused-ring (bicyclic) bond motifs is 1. The Morgan fingerprint density at radius 1 is 0.800 bits per heavy atom. The molecule has 0 aliphatic heterocycles. The molecule has 3 aromatic rings. The molecule has 0 N–H and O–H groups in total. The highest BCUT2D eigenvalue weighted by molar-refractivity contribution is 5.85. The first-order chi connectivity index (χ1) is 12.1. The van der Waals surface area contributed by atoms with Gasteiger partial charge in [-0.25, -0.2) is 0 Å². The van der Waals surface area contributed by atoms with Gasteiger partial charge in [0.15, 0.2) is 11.5 Å². The maximum absolute atomic E-state index is 12.9. The van der Waals surface area contributed by atoms with Crippen molar-refractivity contribution in [3.8, 4) is 34.1 Å². The van der Waals surface area contributed by atoms with Gasteiger partial charge < -0.3 is 23.4 Å². The van der Waals surface area contributed by atoms with Gasteiger partial charge in [0.1, 0.15) is 17.6 Å². The number of hydrogen-bond donors (Lipinski definition) is 0. The van der Waals surface area contributed by atoms with E-state index in [2.05, 4.69) is 0 Å². The second-order valence-electron chi connectivity index (χ2n) is 5.22. The molecule has 130 valence electrons. The lowest BCUT2D eigenvalue weighted by molar-refractivity contribution is 0.325. The molecule has 2 aromatic carbocycles. The van der Waals surface area contributed by atoms with E-state index in [-0.39, 0.29) is 5.43 Å². The fraction of sp³-hybridized carbons (Fsp3) is 0.211. The lowest BCUT2D eigenvalue weighted by atomic mass is 10.0. The molecular formula is C19H18O6. The Kier molecular flexibility index (Phi) is 4.52. The summed E-state index contributed by atoms with van der Waals surface area (Å²) >= 11 is 0. The Balaban J connectivity index is 2.26. The zero-order chi connectivity index (χ0) is 18.0. The molecule has 1 aromatic heterocycles. The second kappa shape index (κ2) is 6.76. The molecule has 0 unspecified atom stereocenters. The van der Waals surface area contributed by atoms with Crippen LogP contribution in [0.1, 0.15) is 0 Å². The van der Waals surface area contributed by atoms with E-state index in [1.807, 2.05) is 0 Å². The number of rotatable bonds is 5. The Morgan fingerprint density at radius 2 is 1.56 bits per heavy atom. The van der Waals surface area contributed by atoms with Crippen LogP contribution < -0.4 is 24.4 Å². The summed E-state index contributed by atoms with van der Waals surface area (Å²) in [5.41, 5.74) is 1.21. The van der Waals surface area contributed by atoms with E-state index in [0.717, 1.165) is 0 Å². The van der Waals surface area contributed by atoms with Crippen molar-refractivity contribution >= 4 is 11.0 Å². The number of benzene rings is 2. The first-order valence-corrected chi connectivity index (χ1v) is 7.53. The molecule has 1 heterocycles. The summed E-state index contributed by atoms with van der Waals surface area (Å²) in [6.07, 6.45) is 1.41. The van der Waals surface area contributed by atoms with Crippen molar-refractivity contribution in [2.75, 3.05) is 28.4 Å². The molecule has 0 aliphatic carbocycles. The van der Waals surface area contributed by atoms with Gasteiger partial charge in [-0.3, -0.25) is 4.79 Å². The van der Waals surface area contributed by atoms with Gasteiger partial charge in [-0.1, -0.05) is 0 Å². The molecule has 3 rings (SSSR count). The summed E-state index contributed by atoms with van der Waals surface area (Å²) in [5.74, 6) is 1.95. The van der Waals surface area contributed by atoms with Crippen LogP contribution in [0.5, 0.6) is 23.0 Å². The maximum atomic E-state index is 12.9. The van der Waals surface area contributed by atoms with Crippen molar-refractivity contribution in [2.24, 2.45) is 0 Å². The zero-order valence-corrected chi connectivity index (χ0v) is 14.4. The minimum atomic E-state index is -0.172. The fourth-order valence-corrected chi connectivity index (χ4v) is 2.73. The molecule has 0 radical (unpaired) electrons. The average Bonchev–Trinajstić information content (AvgIpc) is 2.66. The minimum absolute atomic E-state index is 0.172. The molecule has 6 heteroatoms. The average molecular weight is 342 g/mol. The van der Waals surface area contributed by atoms with Crippen molar-refractivity contribution in [2.45, 2.75) is 0 Å². The van der Waals surface area contributed by atoms with Crippen LogP contribution in [0, 0.1) is 0 Å². The molecular weight excluding hydrogens is 324 g/mol. The molecule has 0 saturated heterocycles. The zero-order valence-electron chi connectivity index (χ0n) is 14.4. The van der Waals surface area contributed by atoms with Gasteiger partial charge in [0.05, 0.1) is 39.4 Å². The third kappa shape index (κ3) is 2.76. The molecule has 0 aliphatic rings.